The third-order valence-electron chi connectivity index (χ3n) is 7.25. The van der Waals surface area contributed by atoms with Crippen LogP contribution in [0.4, 0.5) is 0 Å². The van der Waals surface area contributed by atoms with Crippen molar-refractivity contribution in [3.05, 3.63) is 0 Å². The largest absolute Gasteiger partial charge is 0.248 e. The molecule has 0 saturated carbocycles. The molecular formula is C30H61Cl2ISi. The van der Waals surface area contributed by atoms with Gasteiger partial charge >= 0.3 is 0 Å². The molecule has 0 atom stereocenters. The van der Waals surface area contributed by atoms with Gasteiger partial charge in [-0.25, -0.2) is 0 Å². The molecule has 0 heterocycles. The lowest BCUT2D eigenvalue weighted by Crippen LogP contribution is -2.11. The van der Waals surface area contributed by atoms with Crippen molar-refractivity contribution in [3.63, 3.8) is 0 Å². The molecule has 0 spiro atoms. The second-order valence-electron chi connectivity index (χ2n) is 11.1. The van der Waals surface area contributed by atoms with Gasteiger partial charge < -0.3 is 0 Å². The summed E-state index contributed by atoms with van der Waals surface area (Å²) in [6, 6.07) is 1.06. The topological polar surface area (TPSA) is 0 Å². The van der Waals surface area contributed by atoms with Crippen LogP contribution in [0.2, 0.25) is 12.6 Å². The van der Waals surface area contributed by atoms with E-state index < -0.39 is 6.69 Å². The Hall–Kier alpha value is 1.53. The summed E-state index contributed by atoms with van der Waals surface area (Å²) in [6.07, 6.45) is 39.1. The Morgan fingerprint density at radius 2 is 0.529 bits per heavy atom. The fraction of sp³-hybridized carbons (Fsp3) is 1.00. The molecule has 206 valence electrons. The third-order valence-corrected chi connectivity index (χ3v) is 10.4. The standard InChI is InChI=1S/C30H61Cl2ISi/c1-34(31,32)30-28-26-24-22-20-18-16-14-12-10-8-6-4-2-3-5-7-9-11-13-15-17-19-21-23-25-27-29-33/h2-30H2,1H3. The molecule has 0 aromatic carbocycles. The molecular weight excluding hydrogens is 586 g/mol. The monoisotopic (exact) mass is 646 g/mol. The molecule has 0 fully saturated rings. The van der Waals surface area contributed by atoms with Crippen LogP contribution in [0, 0.1) is 0 Å². The molecule has 0 unspecified atom stereocenters. The number of unbranched alkanes of at least 4 members (excludes halogenated alkanes) is 26. The Morgan fingerprint density at radius 1 is 0.353 bits per heavy atom. The zero-order valence-corrected chi connectivity index (χ0v) is 27.8. The zero-order chi connectivity index (χ0) is 25.0. The number of hydrogen-bond acceptors (Lipinski definition) is 0. The SMILES string of the molecule is C[Si](Cl)(Cl)CCCCCCCCCCCCCCCCCCCCCCCCCCCCCI. The van der Waals surface area contributed by atoms with Crippen LogP contribution in [0.15, 0.2) is 0 Å². The molecule has 0 aromatic rings. The molecule has 0 aliphatic rings. The van der Waals surface area contributed by atoms with Gasteiger partial charge in [0, 0.05) is 0 Å². The lowest BCUT2D eigenvalue weighted by molar-refractivity contribution is 0.515. The molecule has 0 aromatic heterocycles. The van der Waals surface area contributed by atoms with Crippen molar-refractivity contribution in [1.82, 2.24) is 0 Å². The normalized spacial score (nSPS) is 12.0. The minimum absolute atomic E-state index is 1.06. The van der Waals surface area contributed by atoms with Crippen LogP contribution >= 0.6 is 44.7 Å². The molecule has 34 heavy (non-hydrogen) atoms. The van der Waals surface area contributed by atoms with Crippen LogP contribution in [0.3, 0.4) is 0 Å². The second kappa shape index (κ2) is 29.1. The summed E-state index contributed by atoms with van der Waals surface area (Å²) in [5.74, 6) is 0. The van der Waals surface area contributed by atoms with Crippen molar-refractivity contribution in [2.24, 2.45) is 0 Å². The molecule has 0 amide bonds. The van der Waals surface area contributed by atoms with E-state index in [1.165, 1.54) is 178 Å². The smallest absolute Gasteiger partial charge is 0.146 e. The van der Waals surface area contributed by atoms with E-state index in [9.17, 15) is 0 Å². The van der Waals surface area contributed by atoms with E-state index in [1.54, 1.807) is 0 Å². The van der Waals surface area contributed by atoms with Gasteiger partial charge in [0.1, 0.15) is 0 Å². The van der Waals surface area contributed by atoms with E-state index in [1.807, 2.05) is 6.55 Å². The summed E-state index contributed by atoms with van der Waals surface area (Å²) in [4.78, 5) is 0. The van der Waals surface area contributed by atoms with Crippen LogP contribution in [-0.4, -0.2) is 11.1 Å². The Bertz CT molecular complexity index is 373. The lowest BCUT2D eigenvalue weighted by Gasteiger charge is -2.09. The summed E-state index contributed by atoms with van der Waals surface area (Å²) in [7, 11) is 0. The van der Waals surface area contributed by atoms with Gasteiger partial charge in [0.05, 0.1) is 0 Å². The molecule has 4 heteroatoms. The third kappa shape index (κ3) is 33.5. The maximum atomic E-state index is 6.15. The molecule has 0 aliphatic carbocycles. The minimum atomic E-state index is -1.83. The average Bonchev–Trinajstić information content (AvgIpc) is 2.80. The number of alkyl halides is 1. The fourth-order valence-electron chi connectivity index (χ4n) is 4.95. The van der Waals surface area contributed by atoms with Crippen LogP contribution < -0.4 is 0 Å². The molecule has 0 saturated heterocycles. The van der Waals surface area contributed by atoms with Crippen LogP contribution in [0.1, 0.15) is 173 Å². The van der Waals surface area contributed by atoms with Gasteiger partial charge in [-0.15, -0.1) is 22.2 Å². The van der Waals surface area contributed by atoms with Crippen LogP contribution in [-0.2, 0) is 0 Å². The van der Waals surface area contributed by atoms with E-state index >= 15 is 0 Å². The number of halogens is 3. The Labute approximate surface area is 240 Å². The highest BCUT2D eigenvalue weighted by atomic mass is 127. The number of hydrogen-bond donors (Lipinski definition) is 0. The summed E-state index contributed by atoms with van der Waals surface area (Å²) in [5.41, 5.74) is 0. The summed E-state index contributed by atoms with van der Waals surface area (Å²) in [5, 5.41) is 0. The molecule has 0 nitrogen and oxygen atoms in total. The van der Waals surface area contributed by atoms with Gasteiger partial charge in [-0.05, 0) is 23.4 Å². The minimum Gasteiger partial charge on any atom is -0.146 e. The van der Waals surface area contributed by atoms with E-state index in [0.29, 0.717) is 0 Å². The van der Waals surface area contributed by atoms with Crippen molar-refractivity contribution in [3.8, 4) is 0 Å². The molecule has 0 N–H and O–H groups in total. The average molecular weight is 648 g/mol. The van der Waals surface area contributed by atoms with Crippen molar-refractivity contribution < 1.29 is 0 Å². The summed E-state index contributed by atoms with van der Waals surface area (Å²) >= 11 is 14.8. The fourth-order valence-corrected chi connectivity index (χ4v) is 7.16. The summed E-state index contributed by atoms with van der Waals surface area (Å²) < 4.78 is 1.34. The first-order chi connectivity index (χ1) is 16.6. The highest BCUT2D eigenvalue weighted by Crippen LogP contribution is 2.23. The van der Waals surface area contributed by atoms with Crippen molar-refractivity contribution >= 4 is 51.4 Å². The molecule has 0 bridgehead atoms. The molecule has 0 rings (SSSR count). The Kier molecular flexibility index (Phi) is 30.4. The maximum Gasteiger partial charge on any atom is 0.248 e. The van der Waals surface area contributed by atoms with Crippen molar-refractivity contribution in [2.45, 2.75) is 186 Å². The van der Waals surface area contributed by atoms with Gasteiger partial charge in [-0.1, -0.05) is 190 Å². The van der Waals surface area contributed by atoms with Crippen LogP contribution in [0.5, 0.6) is 0 Å². The Morgan fingerprint density at radius 3 is 0.706 bits per heavy atom. The van der Waals surface area contributed by atoms with Crippen molar-refractivity contribution in [1.29, 1.82) is 0 Å². The van der Waals surface area contributed by atoms with Gasteiger partial charge in [-0.3, -0.25) is 0 Å². The Balaban J connectivity index is 3.03. The van der Waals surface area contributed by atoms with Crippen molar-refractivity contribution in [2.75, 3.05) is 4.43 Å². The first-order valence-electron chi connectivity index (χ1n) is 15.5. The predicted molar refractivity (Wildman–Crippen MR) is 172 cm³/mol. The molecule has 0 aliphatic heterocycles. The van der Waals surface area contributed by atoms with E-state index in [2.05, 4.69) is 22.6 Å². The lowest BCUT2D eigenvalue weighted by atomic mass is 10.0. The van der Waals surface area contributed by atoms with Gasteiger partial charge in [0.2, 0.25) is 6.69 Å². The van der Waals surface area contributed by atoms with E-state index in [-0.39, 0.29) is 0 Å². The molecule has 0 radical (unpaired) electrons. The zero-order valence-electron chi connectivity index (χ0n) is 23.1. The number of rotatable bonds is 29. The van der Waals surface area contributed by atoms with Crippen LogP contribution in [0.25, 0.3) is 0 Å². The highest BCUT2D eigenvalue weighted by Gasteiger charge is 2.19. The summed E-state index contributed by atoms with van der Waals surface area (Å²) in [6.45, 7) is 0.204. The predicted octanol–water partition coefficient (Wildman–Crippen LogP) is 13.5. The van der Waals surface area contributed by atoms with Gasteiger partial charge in [0.25, 0.3) is 0 Å². The quantitative estimate of drug-likeness (QED) is 0.0249. The second-order valence-corrected chi connectivity index (χ2v) is 20.4. The highest BCUT2D eigenvalue weighted by molar-refractivity contribution is 14.1. The van der Waals surface area contributed by atoms with E-state index in [4.69, 9.17) is 22.2 Å². The first kappa shape index (κ1) is 35.5. The van der Waals surface area contributed by atoms with Gasteiger partial charge in [-0.2, -0.15) is 0 Å². The first-order valence-corrected chi connectivity index (χ1v) is 21.8. The van der Waals surface area contributed by atoms with E-state index in [0.717, 1.165) is 6.04 Å². The maximum absolute atomic E-state index is 6.15. The van der Waals surface area contributed by atoms with Gasteiger partial charge in [0.15, 0.2) is 0 Å².